The summed E-state index contributed by atoms with van der Waals surface area (Å²) in [5, 5.41) is -0.324. The first kappa shape index (κ1) is 22.1. The summed E-state index contributed by atoms with van der Waals surface area (Å²) < 4.78 is 71.7. The molecule has 1 aliphatic carbocycles. The van der Waals surface area contributed by atoms with Crippen LogP contribution in [0.5, 0.6) is 0 Å². The molecule has 3 rings (SSSR count). The van der Waals surface area contributed by atoms with E-state index in [9.17, 15) is 21.6 Å². The van der Waals surface area contributed by atoms with Gasteiger partial charge in [0.15, 0.2) is 14.9 Å². The first-order valence-corrected chi connectivity index (χ1v) is 11.3. The van der Waals surface area contributed by atoms with Gasteiger partial charge in [-0.05, 0) is 44.4 Å². The maximum atomic E-state index is 14.2. The molecule has 1 aromatic carbocycles. The molecule has 1 aromatic heterocycles. The van der Waals surface area contributed by atoms with Crippen LogP contribution in [0.1, 0.15) is 49.4 Å². The Labute approximate surface area is 172 Å². The fraction of sp³-hybridized carbons (Fsp3) is 0.526. The topological polar surface area (TPSA) is 72.0 Å². The maximum Gasteiger partial charge on any atom is 0.253 e. The maximum absolute atomic E-state index is 14.2. The van der Waals surface area contributed by atoms with E-state index in [1.807, 2.05) is 0 Å². The molecular weight excluding hydrogens is 429 g/mol. The van der Waals surface area contributed by atoms with Crippen LogP contribution in [0.15, 0.2) is 23.2 Å². The molecule has 1 atom stereocenters. The van der Waals surface area contributed by atoms with E-state index in [-0.39, 0.29) is 22.5 Å². The van der Waals surface area contributed by atoms with Crippen molar-refractivity contribution in [3.05, 3.63) is 46.1 Å². The molecule has 0 spiro atoms. The van der Waals surface area contributed by atoms with E-state index in [1.165, 1.54) is 19.1 Å². The second-order valence-electron chi connectivity index (χ2n) is 7.71. The Balaban J connectivity index is 2.00. The van der Waals surface area contributed by atoms with Gasteiger partial charge in [-0.15, -0.1) is 0 Å². The van der Waals surface area contributed by atoms with Crippen molar-refractivity contribution in [2.75, 3.05) is 12.9 Å². The van der Waals surface area contributed by atoms with Crippen LogP contribution in [-0.2, 0) is 14.6 Å². The summed E-state index contributed by atoms with van der Waals surface area (Å²) in [5.74, 6) is -3.45. The number of aromatic nitrogens is 2. The predicted molar refractivity (Wildman–Crippen MR) is 103 cm³/mol. The first-order valence-electron chi connectivity index (χ1n) is 9.05. The van der Waals surface area contributed by atoms with Gasteiger partial charge in [-0.3, -0.25) is 0 Å². The summed E-state index contributed by atoms with van der Waals surface area (Å²) in [7, 11) is -3.61. The number of hydrogen-bond donors (Lipinski definition) is 1. The van der Waals surface area contributed by atoms with Gasteiger partial charge in [0.25, 0.3) is 5.92 Å². The monoisotopic (exact) mass is 450 g/mol. The molecule has 1 fully saturated rings. The van der Waals surface area contributed by atoms with Gasteiger partial charge in [-0.2, -0.15) is 0 Å². The molecule has 0 amide bonds. The van der Waals surface area contributed by atoms with Crippen LogP contribution < -0.4 is 0 Å². The van der Waals surface area contributed by atoms with Crippen molar-refractivity contribution in [2.45, 2.75) is 50.2 Å². The lowest BCUT2D eigenvalue weighted by Crippen LogP contribution is -2.48. The van der Waals surface area contributed by atoms with Crippen LogP contribution in [0, 0.1) is 18.2 Å². The predicted octanol–water partition coefficient (Wildman–Crippen LogP) is 4.85. The Morgan fingerprint density at radius 2 is 2.03 bits per heavy atom. The van der Waals surface area contributed by atoms with E-state index in [0.717, 1.165) is 19.2 Å². The second-order valence-corrected chi connectivity index (χ2v) is 10.0. The molecule has 0 saturated heterocycles. The van der Waals surface area contributed by atoms with E-state index >= 15 is 0 Å². The largest absolute Gasteiger partial charge is 0.365 e. The third-order valence-corrected chi connectivity index (χ3v) is 6.86. The number of alkyl halides is 2. The van der Waals surface area contributed by atoms with Gasteiger partial charge in [-0.25, -0.2) is 26.6 Å². The molecule has 29 heavy (non-hydrogen) atoms. The van der Waals surface area contributed by atoms with E-state index in [4.69, 9.17) is 16.3 Å². The highest BCUT2D eigenvalue weighted by Crippen LogP contribution is 2.52. The van der Waals surface area contributed by atoms with Crippen molar-refractivity contribution in [3.63, 3.8) is 0 Å². The number of nitrogens with one attached hydrogen (secondary N) is 1. The highest BCUT2D eigenvalue weighted by Gasteiger charge is 2.54. The molecule has 1 N–H and O–H groups in total. The zero-order valence-electron chi connectivity index (χ0n) is 16.2. The summed E-state index contributed by atoms with van der Waals surface area (Å²) in [6.07, 6.45) is 1.32. The first-order chi connectivity index (χ1) is 13.3. The Hall–Kier alpha value is -1.58. The summed E-state index contributed by atoms with van der Waals surface area (Å²) in [5.41, 5.74) is -0.626. The van der Waals surface area contributed by atoms with Crippen molar-refractivity contribution < 1.29 is 26.3 Å². The number of hydrogen-bond acceptors (Lipinski definition) is 4. The van der Waals surface area contributed by atoms with Crippen LogP contribution in [0.4, 0.5) is 13.2 Å². The summed E-state index contributed by atoms with van der Waals surface area (Å²) in [4.78, 5) is 6.98. The van der Waals surface area contributed by atoms with E-state index in [2.05, 4.69) is 9.97 Å². The standard InChI is InChI=1S/C19H22ClF3N2O3S/c1-11-17(29(3,26)27)25-16(24-11)15(12-5-6-14(21)13(20)9-12)28-10-19(7-4-8-19)18(2,22)23/h5-6,9,15H,4,7-8,10H2,1-3H3,(H,24,25). The molecule has 1 aliphatic rings. The van der Waals surface area contributed by atoms with Crippen molar-refractivity contribution in [1.82, 2.24) is 9.97 Å². The molecule has 0 bridgehead atoms. The van der Waals surface area contributed by atoms with Gasteiger partial charge < -0.3 is 9.72 Å². The van der Waals surface area contributed by atoms with E-state index in [0.29, 0.717) is 30.5 Å². The van der Waals surface area contributed by atoms with Crippen LogP contribution >= 0.6 is 11.6 Å². The lowest BCUT2D eigenvalue weighted by atomic mass is 9.65. The van der Waals surface area contributed by atoms with Crippen LogP contribution in [0.2, 0.25) is 5.02 Å². The van der Waals surface area contributed by atoms with Gasteiger partial charge in [0.2, 0.25) is 0 Å². The number of nitrogens with zero attached hydrogens (tertiary/aromatic N) is 1. The third kappa shape index (κ3) is 4.32. The molecular formula is C19H22ClF3N2O3S. The van der Waals surface area contributed by atoms with Gasteiger partial charge in [0.1, 0.15) is 17.7 Å². The Kier molecular flexibility index (Phi) is 5.79. The number of aryl methyl sites for hydroxylation is 1. The van der Waals surface area contributed by atoms with Crippen molar-refractivity contribution in [3.8, 4) is 0 Å². The molecule has 0 aliphatic heterocycles. The van der Waals surface area contributed by atoms with Crippen molar-refractivity contribution in [2.24, 2.45) is 5.41 Å². The van der Waals surface area contributed by atoms with Gasteiger partial charge in [0.05, 0.1) is 22.7 Å². The lowest BCUT2D eigenvalue weighted by Gasteiger charge is -2.46. The zero-order valence-corrected chi connectivity index (χ0v) is 17.8. The lowest BCUT2D eigenvalue weighted by molar-refractivity contribution is -0.184. The van der Waals surface area contributed by atoms with Crippen LogP contribution in [0.25, 0.3) is 0 Å². The highest BCUT2D eigenvalue weighted by molar-refractivity contribution is 7.90. The van der Waals surface area contributed by atoms with E-state index < -0.39 is 33.1 Å². The molecule has 1 heterocycles. The van der Waals surface area contributed by atoms with Crippen molar-refractivity contribution in [1.29, 1.82) is 0 Å². The SMILES string of the molecule is Cc1[nH]c(C(OCC2(C(C)(F)F)CCC2)c2ccc(F)c(Cl)c2)nc1S(C)(=O)=O. The third-order valence-electron chi connectivity index (χ3n) is 5.47. The Bertz CT molecular complexity index is 1010. The van der Waals surface area contributed by atoms with Crippen LogP contribution in [-0.4, -0.2) is 37.2 Å². The summed E-state index contributed by atoms with van der Waals surface area (Å²) >= 11 is 5.88. The number of rotatable bonds is 7. The quantitative estimate of drug-likeness (QED) is 0.654. The molecule has 1 unspecified atom stereocenters. The fourth-order valence-corrected chi connectivity index (χ4v) is 4.58. The normalized spacial score (nSPS) is 17.8. The second kappa shape index (κ2) is 7.59. The number of benzene rings is 1. The average Bonchev–Trinajstić information content (AvgIpc) is 2.93. The Morgan fingerprint density at radius 3 is 2.48 bits per heavy atom. The van der Waals surface area contributed by atoms with Gasteiger partial charge in [0, 0.05) is 6.26 Å². The minimum atomic E-state index is -3.61. The molecule has 2 aromatic rings. The van der Waals surface area contributed by atoms with Crippen LogP contribution in [0.3, 0.4) is 0 Å². The Morgan fingerprint density at radius 1 is 1.38 bits per heavy atom. The minimum Gasteiger partial charge on any atom is -0.365 e. The number of ether oxygens (including phenoxy) is 1. The number of halogens is 4. The number of aromatic amines is 1. The summed E-state index contributed by atoms with van der Waals surface area (Å²) in [6, 6.07) is 3.85. The van der Waals surface area contributed by atoms with Gasteiger partial charge >= 0.3 is 0 Å². The number of sulfone groups is 1. The van der Waals surface area contributed by atoms with Gasteiger partial charge in [-0.1, -0.05) is 24.1 Å². The molecule has 1 saturated carbocycles. The molecule has 0 radical (unpaired) electrons. The average molecular weight is 451 g/mol. The number of imidazole rings is 1. The summed E-state index contributed by atoms with van der Waals surface area (Å²) in [6.45, 7) is 2.15. The fourth-order valence-electron chi connectivity index (χ4n) is 3.52. The smallest absolute Gasteiger partial charge is 0.253 e. The highest BCUT2D eigenvalue weighted by atomic mass is 35.5. The van der Waals surface area contributed by atoms with Crippen molar-refractivity contribution >= 4 is 21.4 Å². The minimum absolute atomic E-state index is 0.125. The molecule has 160 valence electrons. The van der Waals surface area contributed by atoms with E-state index in [1.54, 1.807) is 0 Å². The molecule has 10 heteroatoms. The number of H-pyrrole nitrogens is 1. The molecule has 5 nitrogen and oxygen atoms in total. The zero-order chi connectivity index (χ0) is 21.6.